The van der Waals surface area contributed by atoms with Gasteiger partial charge in [0.25, 0.3) is 0 Å². The third-order valence-electron chi connectivity index (χ3n) is 3.52. The van der Waals surface area contributed by atoms with Crippen LogP contribution in [0.2, 0.25) is 5.54 Å². The molecule has 2 unspecified atom stereocenters. The molecular formula is C12H30N2O3Si. The van der Waals surface area contributed by atoms with Gasteiger partial charge in [-0.3, -0.25) is 0 Å². The van der Waals surface area contributed by atoms with Gasteiger partial charge in [-0.2, -0.15) is 0 Å². The van der Waals surface area contributed by atoms with Gasteiger partial charge < -0.3 is 24.7 Å². The molecular weight excluding hydrogens is 248 g/mol. The molecule has 0 aromatic heterocycles. The molecule has 0 aliphatic heterocycles. The summed E-state index contributed by atoms with van der Waals surface area (Å²) < 4.78 is 16.6. The zero-order chi connectivity index (χ0) is 14.0. The normalized spacial score (nSPS) is 15.7. The molecule has 0 fully saturated rings. The zero-order valence-corrected chi connectivity index (χ0v) is 13.3. The van der Waals surface area contributed by atoms with Crippen LogP contribution >= 0.6 is 0 Å². The van der Waals surface area contributed by atoms with E-state index in [0.29, 0.717) is 6.54 Å². The van der Waals surface area contributed by atoms with Gasteiger partial charge in [-0.25, -0.2) is 0 Å². The van der Waals surface area contributed by atoms with Crippen LogP contribution in [0.25, 0.3) is 0 Å². The van der Waals surface area contributed by atoms with Crippen LogP contribution in [-0.4, -0.2) is 42.7 Å². The second-order valence-corrected chi connectivity index (χ2v) is 7.84. The number of hydrogen-bond donors (Lipinski definition) is 2. The summed E-state index contributed by atoms with van der Waals surface area (Å²) in [6.45, 7) is 2.73. The van der Waals surface area contributed by atoms with Crippen LogP contribution in [0.4, 0.5) is 0 Å². The van der Waals surface area contributed by atoms with Crippen molar-refractivity contribution in [3.8, 4) is 0 Å². The molecule has 0 spiro atoms. The Hall–Kier alpha value is 0.0169. The fourth-order valence-electron chi connectivity index (χ4n) is 2.28. The molecule has 0 amide bonds. The van der Waals surface area contributed by atoms with E-state index in [-0.39, 0.29) is 11.6 Å². The smallest absolute Gasteiger partial charge is 0.377 e. The quantitative estimate of drug-likeness (QED) is 0.560. The SMILES string of the molecule is CCC(N)CCCC(CCN)[Si](OC)(OC)OC. The summed E-state index contributed by atoms with van der Waals surface area (Å²) in [4.78, 5) is 0. The molecule has 110 valence electrons. The van der Waals surface area contributed by atoms with E-state index in [1.807, 2.05) is 0 Å². The highest BCUT2D eigenvalue weighted by atomic mass is 28.4. The molecule has 4 N–H and O–H groups in total. The van der Waals surface area contributed by atoms with Gasteiger partial charge in [0, 0.05) is 32.9 Å². The molecule has 0 saturated heterocycles. The zero-order valence-electron chi connectivity index (χ0n) is 12.3. The molecule has 0 aromatic carbocycles. The Bertz CT molecular complexity index is 195. The summed E-state index contributed by atoms with van der Waals surface area (Å²) in [5.74, 6) is 0. The van der Waals surface area contributed by atoms with E-state index in [4.69, 9.17) is 24.7 Å². The van der Waals surface area contributed by atoms with Gasteiger partial charge in [0.2, 0.25) is 0 Å². The fraction of sp³-hybridized carbons (Fsp3) is 1.00. The minimum Gasteiger partial charge on any atom is -0.377 e. The van der Waals surface area contributed by atoms with Gasteiger partial charge in [-0.1, -0.05) is 13.3 Å². The Labute approximate surface area is 113 Å². The molecule has 0 heterocycles. The molecule has 0 rings (SSSR count). The van der Waals surface area contributed by atoms with Crippen LogP contribution in [0.3, 0.4) is 0 Å². The maximum atomic E-state index is 5.93. The van der Waals surface area contributed by atoms with Crippen LogP contribution in [0, 0.1) is 0 Å². The Morgan fingerprint density at radius 3 is 1.94 bits per heavy atom. The summed E-state index contributed by atoms with van der Waals surface area (Å²) in [6.07, 6.45) is 4.96. The molecule has 6 heteroatoms. The molecule has 0 bridgehead atoms. The monoisotopic (exact) mass is 278 g/mol. The van der Waals surface area contributed by atoms with E-state index in [1.54, 1.807) is 21.3 Å². The van der Waals surface area contributed by atoms with Gasteiger partial charge >= 0.3 is 8.80 Å². The van der Waals surface area contributed by atoms with Crippen molar-refractivity contribution in [2.75, 3.05) is 27.9 Å². The second-order valence-electron chi connectivity index (χ2n) is 4.59. The van der Waals surface area contributed by atoms with Crippen LogP contribution in [0.1, 0.15) is 39.0 Å². The molecule has 2 atom stereocenters. The van der Waals surface area contributed by atoms with Crippen molar-refractivity contribution in [3.63, 3.8) is 0 Å². The van der Waals surface area contributed by atoms with Crippen molar-refractivity contribution in [3.05, 3.63) is 0 Å². The molecule has 0 radical (unpaired) electrons. The number of nitrogens with two attached hydrogens (primary N) is 2. The van der Waals surface area contributed by atoms with Gasteiger partial charge in [0.1, 0.15) is 0 Å². The Morgan fingerprint density at radius 2 is 1.56 bits per heavy atom. The predicted octanol–water partition coefficient (Wildman–Crippen LogP) is 1.49. The minimum absolute atomic E-state index is 0.256. The highest BCUT2D eigenvalue weighted by Crippen LogP contribution is 2.32. The van der Waals surface area contributed by atoms with Crippen molar-refractivity contribution in [1.82, 2.24) is 0 Å². The summed E-state index contributed by atoms with van der Waals surface area (Å²) in [5, 5.41) is 0. The first kappa shape index (κ1) is 18.0. The first-order chi connectivity index (χ1) is 8.60. The largest absolute Gasteiger partial charge is 0.503 e. The first-order valence-electron chi connectivity index (χ1n) is 6.71. The van der Waals surface area contributed by atoms with Crippen molar-refractivity contribution >= 4 is 8.80 Å². The molecule has 18 heavy (non-hydrogen) atoms. The molecule has 5 nitrogen and oxygen atoms in total. The Kier molecular flexibility index (Phi) is 9.89. The van der Waals surface area contributed by atoms with Crippen molar-refractivity contribution < 1.29 is 13.3 Å². The van der Waals surface area contributed by atoms with Crippen LogP contribution in [0.5, 0.6) is 0 Å². The summed E-state index contributed by atoms with van der Waals surface area (Å²) >= 11 is 0. The van der Waals surface area contributed by atoms with Crippen molar-refractivity contribution in [2.45, 2.75) is 50.6 Å². The fourth-order valence-corrected chi connectivity index (χ4v) is 4.86. The average molecular weight is 278 g/mol. The van der Waals surface area contributed by atoms with E-state index in [2.05, 4.69) is 6.92 Å². The lowest BCUT2D eigenvalue weighted by Gasteiger charge is -2.32. The van der Waals surface area contributed by atoms with Crippen LogP contribution in [0.15, 0.2) is 0 Å². The molecule has 0 aliphatic rings. The minimum atomic E-state index is -2.57. The van der Waals surface area contributed by atoms with Gasteiger partial charge in [0.05, 0.1) is 0 Å². The lowest BCUT2D eigenvalue weighted by molar-refractivity contribution is 0.108. The van der Waals surface area contributed by atoms with Gasteiger partial charge in [-0.15, -0.1) is 0 Å². The Balaban J connectivity index is 4.43. The maximum Gasteiger partial charge on any atom is 0.503 e. The topological polar surface area (TPSA) is 79.7 Å². The van der Waals surface area contributed by atoms with E-state index in [9.17, 15) is 0 Å². The number of hydrogen-bond acceptors (Lipinski definition) is 5. The second kappa shape index (κ2) is 9.88. The summed E-state index contributed by atoms with van der Waals surface area (Å²) in [6, 6.07) is 0.284. The highest BCUT2D eigenvalue weighted by molar-refractivity contribution is 6.62. The van der Waals surface area contributed by atoms with Crippen LogP contribution < -0.4 is 11.5 Å². The third kappa shape index (κ3) is 5.34. The maximum absolute atomic E-state index is 5.93. The average Bonchev–Trinajstić information content (AvgIpc) is 2.41. The van der Waals surface area contributed by atoms with E-state index >= 15 is 0 Å². The lowest BCUT2D eigenvalue weighted by Crippen LogP contribution is -2.48. The lowest BCUT2D eigenvalue weighted by atomic mass is 10.1. The molecule has 0 saturated carbocycles. The van der Waals surface area contributed by atoms with Crippen molar-refractivity contribution in [2.24, 2.45) is 11.5 Å². The highest BCUT2D eigenvalue weighted by Gasteiger charge is 2.46. The van der Waals surface area contributed by atoms with E-state index in [0.717, 1.165) is 32.1 Å². The predicted molar refractivity (Wildman–Crippen MR) is 76.3 cm³/mol. The molecule has 0 aliphatic carbocycles. The van der Waals surface area contributed by atoms with Gasteiger partial charge in [-0.05, 0) is 32.2 Å². The van der Waals surface area contributed by atoms with Crippen LogP contribution in [-0.2, 0) is 13.3 Å². The Morgan fingerprint density at radius 1 is 1.00 bits per heavy atom. The van der Waals surface area contributed by atoms with E-state index < -0.39 is 8.80 Å². The first-order valence-corrected chi connectivity index (χ1v) is 8.51. The third-order valence-corrected chi connectivity index (χ3v) is 6.81. The summed E-state index contributed by atoms with van der Waals surface area (Å²) in [5.41, 5.74) is 11.9. The number of rotatable bonds is 11. The summed E-state index contributed by atoms with van der Waals surface area (Å²) in [7, 11) is 2.39. The van der Waals surface area contributed by atoms with Crippen molar-refractivity contribution in [1.29, 1.82) is 0 Å². The molecule has 0 aromatic rings. The van der Waals surface area contributed by atoms with E-state index in [1.165, 1.54) is 0 Å². The van der Waals surface area contributed by atoms with Gasteiger partial charge in [0.15, 0.2) is 0 Å². The standard InChI is InChI=1S/C12H30N2O3Si/c1-5-11(14)7-6-8-12(9-10-13)18(15-2,16-3)17-4/h11-12H,5-10,13-14H2,1-4H3.